The monoisotopic (exact) mass is 250 g/mol. The molecule has 18 heavy (non-hydrogen) atoms. The number of aromatic nitrogens is 2. The number of hydrogen-bond acceptors (Lipinski definition) is 3. The zero-order valence-electron chi connectivity index (χ0n) is 11.9. The van der Waals surface area contributed by atoms with Crippen molar-refractivity contribution in [2.24, 2.45) is 0 Å². The second-order valence-electron chi connectivity index (χ2n) is 5.51. The van der Waals surface area contributed by atoms with Crippen molar-refractivity contribution in [1.82, 2.24) is 19.8 Å². The minimum Gasteiger partial charge on any atom is -0.331 e. The molecule has 2 rings (SSSR count). The van der Waals surface area contributed by atoms with Gasteiger partial charge in [-0.25, -0.2) is 4.98 Å². The van der Waals surface area contributed by atoms with Crippen molar-refractivity contribution in [3.63, 3.8) is 0 Å². The van der Waals surface area contributed by atoms with Gasteiger partial charge in [-0.2, -0.15) is 0 Å². The van der Waals surface area contributed by atoms with Crippen molar-refractivity contribution < 1.29 is 0 Å². The maximum absolute atomic E-state index is 4.28. The summed E-state index contributed by atoms with van der Waals surface area (Å²) in [6.07, 6.45) is 6.60. The van der Waals surface area contributed by atoms with Crippen molar-refractivity contribution in [1.29, 1.82) is 0 Å². The van der Waals surface area contributed by atoms with E-state index in [4.69, 9.17) is 0 Å². The summed E-state index contributed by atoms with van der Waals surface area (Å²) in [5.41, 5.74) is 1.32. The van der Waals surface area contributed by atoms with Gasteiger partial charge in [0.05, 0.1) is 12.0 Å². The number of likely N-dealkylation sites (N-methyl/N-ethyl adjacent to an activating group) is 1. The summed E-state index contributed by atoms with van der Waals surface area (Å²) in [4.78, 5) is 6.80. The summed E-state index contributed by atoms with van der Waals surface area (Å²) >= 11 is 0. The SMILES string of the molecule is CCN(Cc1cncn1C(C)C)CC1CCCN1. The molecule has 0 spiro atoms. The standard InChI is InChI=1S/C14H26N4/c1-4-17(9-13-6-5-7-16-13)10-14-8-15-11-18(14)12(2)3/h8,11-13,16H,4-7,9-10H2,1-3H3. The van der Waals surface area contributed by atoms with E-state index in [0.717, 1.165) is 19.6 Å². The summed E-state index contributed by atoms with van der Waals surface area (Å²) in [5.74, 6) is 0. The number of rotatable bonds is 6. The van der Waals surface area contributed by atoms with Crippen LogP contribution in [0.3, 0.4) is 0 Å². The molecule has 0 radical (unpaired) electrons. The Kier molecular flexibility index (Phi) is 4.78. The molecular formula is C14H26N4. The fourth-order valence-corrected chi connectivity index (χ4v) is 2.68. The molecule has 0 aromatic carbocycles. The third-order valence-electron chi connectivity index (χ3n) is 3.78. The quantitative estimate of drug-likeness (QED) is 0.838. The van der Waals surface area contributed by atoms with E-state index < -0.39 is 0 Å². The van der Waals surface area contributed by atoms with Gasteiger partial charge in [0, 0.05) is 31.4 Å². The minimum absolute atomic E-state index is 0.491. The molecule has 1 aromatic rings. The lowest BCUT2D eigenvalue weighted by atomic mass is 10.2. The highest BCUT2D eigenvalue weighted by Crippen LogP contribution is 2.13. The summed E-state index contributed by atoms with van der Waals surface area (Å²) in [5, 5.41) is 3.57. The fraction of sp³-hybridized carbons (Fsp3) is 0.786. The van der Waals surface area contributed by atoms with Crippen LogP contribution in [-0.4, -0.2) is 40.1 Å². The predicted molar refractivity (Wildman–Crippen MR) is 74.6 cm³/mol. The normalized spacial score (nSPS) is 20.2. The molecular weight excluding hydrogens is 224 g/mol. The van der Waals surface area contributed by atoms with Gasteiger partial charge in [0.2, 0.25) is 0 Å². The molecule has 0 aliphatic carbocycles. The topological polar surface area (TPSA) is 33.1 Å². The summed E-state index contributed by atoms with van der Waals surface area (Å²) in [7, 11) is 0. The Hall–Kier alpha value is -0.870. The van der Waals surface area contributed by atoms with E-state index in [-0.39, 0.29) is 0 Å². The lowest BCUT2D eigenvalue weighted by Crippen LogP contribution is -2.37. The first-order valence-corrected chi connectivity index (χ1v) is 7.17. The zero-order chi connectivity index (χ0) is 13.0. The molecule has 1 unspecified atom stereocenters. The smallest absolute Gasteiger partial charge is 0.0951 e. The third-order valence-corrected chi connectivity index (χ3v) is 3.78. The molecule has 1 aliphatic rings. The molecule has 0 amide bonds. The Morgan fingerprint density at radius 2 is 2.39 bits per heavy atom. The molecule has 1 N–H and O–H groups in total. The molecule has 102 valence electrons. The molecule has 1 atom stereocenters. The second-order valence-corrected chi connectivity index (χ2v) is 5.51. The highest BCUT2D eigenvalue weighted by atomic mass is 15.2. The Bertz CT molecular complexity index is 352. The van der Waals surface area contributed by atoms with E-state index in [1.807, 2.05) is 12.5 Å². The number of hydrogen-bond donors (Lipinski definition) is 1. The molecule has 4 nitrogen and oxygen atoms in total. The average molecular weight is 250 g/mol. The van der Waals surface area contributed by atoms with Gasteiger partial charge < -0.3 is 9.88 Å². The number of imidazole rings is 1. The predicted octanol–water partition coefficient (Wildman–Crippen LogP) is 2.04. The summed E-state index contributed by atoms with van der Waals surface area (Å²) < 4.78 is 2.27. The Labute approximate surface area is 110 Å². The molecule has 1 fully saturated rings. The first-order chi connectivity index (χ1) is 8.70. The lowest BCUT2D eigenvalue weighted by Gasteiger charge is -2.25. The first-order valence-electron chi connectivity index (χ1n) is 7.17. The molecule has 2 heterocycles. The fourth-order valence-electron chi connectivity index (χ4n) is 2.68. The van der Waals surface area contributed by atoms with Crippen molar-refractivity contribution >= 4 is 0 Å². The lowest BCUT2D eigenvalue weighted by molar-refractivity contribution is 0.246. The number of nitrogens with zero attached hydrogens (tertiary/aromatic N) is 3. The van der Waals surface area contributed by atoms with Crippen LogP contribution >= 0.6 is 0 Å². The largest absolute Gasteiger partial charge is 0.331 e. The van der Waals surface area contributed by atoms with Gasteiger partial charge in [0.1, 0.15) is 0 Å². The van der Waals surface area contributed by atoms with E-state index in [0.29, 0.717) is 12.1 Å². The van der Waals surface area contributed by atoms with E-state index in [2.05, 4.69) is 40.5 Å². The van der Waals surface area contributed by atoms with Crippen LogP contribution in [0, 0.1) is 0 Å². The summed E-state index contributed by atoms with van der Waals surface area (Å²) in [6, 6.07) is 1.17. The van der Waals surface area contributed by atoms with E-state index in [9.17, 15) is 0 Å². The molecule has 4 heteroatoms. The molecule has 1 aromatic heterocycles. The van der Waals surface area contributed by atoms with Gasteiger partial charge in [-0.05, 0) is 39.8 Å². The van der Waals surface area contributed by atoms with Crippen molar-refractivity contribution in [2.75, 3.05) is 19.6 Å². The van der Waals surface area contributed by atoms with E-state index in [1.54, 1.807) is 0 Å². The summed E-state index contributed by atoms with van der Waals surface area (Å²) in [6.45, 7) is 11.1. The average Bonchev–Trinajstić information content (AvgIpc) is 2.98. The highest BCUT2D eigenvalue weighted by molar-refractivity contribution is 5.00. The molecule has 1 aliphatic heterocycles. The number of nitrogens with one attached hydrogen (secondary N) is 1. The first kappa shape index (κ1) is 13.6. The van der Waals surface area contributed by atoms with Gasteiger partial charge in [0.15, 0.2) is 0 Å². The van der Waals surface area contributed by atoms with Gasteiger partial charge >= 0.3 is 0 Å². The van der Waals surface area contributed by atoms with E-state index >= 15 is 0 Å². The van der Waals surface area contributed by atoms with Crippen LogP contribution in [-0.2, 0) is 6.54 Å². The van der Waals surface area contributed by atoms with Crippen molar-refractivity contribution in [3.8, 4) is 0 Å². The zero-order valence-corrected chi connectivity index (χ0v) is 11.9. The minimum atomic E-state index is 0.491. The Morgan fingerprint density at radius 1 is 1.56 bits per heavy atom. The molecule has 1 saturated heterocycles. The maximum Gasteiger partial charge on any atom is 0.0951 e. The van der Waals surface area contributed by atoms with Crippen LogP contribution < -0.4 is 5.32 Å². The van der Waals surface area contributed by atoms with Crippen LogP contribution in [0.5, 0.6) is 0 Å². The Morgan fingerprint density at radius 3 is 3.00 bits per heavy atom. The molecule has 0 saturated carbocycles. The van der Waals surface area contributed by atoms with Gasteiger partial charge in [-0.1, -0.05) is 6.92 Å². The van der Waals surface area contributed by atoms with Gasteiger partial charge in [0.25, 0.3) is 0 Å². The third kappa shape index (κ3) is 3.33. The second kappa shape index (κ2) is 6.34. The van der Waals surface area contributed by atoms with Gasteiger partial charge in [-0.15, -0.1) is 0 Å². The van der Waals surface area contributed by atoms with E-state index in [1.165, 1.54) is 25.1 Å². The van der Waals surface area contributed by atoms with Crippen LogP contribution in [0.25, 0.3) is 0 Å². The van der Waals surface area contributed by atoms with Crippen LogP contribution in [0.1, 0.15) is 45.3 Å². The highest BCUT2D eigenvalue weighted by Gasteiger charge is 2.18. The van der Waals surface area contributed by atoms with Crippen molar-refractivity contribution in [3.05, 3.63) is 18.2 Å². The van der Waals surface area contributed by atoms with Crippen LogP contribution in [0.15, 0.2) is 12.5 Å². The van der Waals surface area contributed by atoms with Crippen molar-refractivity contribution in [2.45, 2.75) is 52.2 Å². The van der Waals surface area contributed by atoms with Gasteiger partial charge in [-0.3, -0.25) is 4.90 Å². The maximum atomic E-state index is 4.28. The van der Waals surface area contributed by atoms with Crippen LogP contribution in [0.4, 0.5) is 0 Å². The molecule has 0 bridgehead atoms. The Balaban J connectivity index is 1.94. The van der Waals surface area contributed by atoms with Crippen LogP contribution in [0.2, 0.25) is 0 Å².